The number of thiazole rings is 1. The summed E-state index contributed by atoms with van der Waals surface area (Å²) < 4.78 is 0. The second-order valence-electron chi connectivity index (χ2n) is 7.90. The molecule has 27 heavy (non-hydrogen) atoms. The van der Waals surface area contributed by atoms with Crippen LogP contribution in [0.15, 0.2) is 29.8 Å². The van der Waals surface area contributed by atoms with Crippen molar-refractivity contribution in [2.45, 2.75) is 32.1 Å². The first-order chi connectivity index (χ1) is 13.3. The lowest BCUT2D eigenvalue weighted by molar-refractivity contribution is 0.0440. The Morgan fingerprint density at radius 1 is 1.26 bits per heavy atom. The smallest absolute Gasteiger partial charge is 0.184 e. The number of Topliss-reactive ketones (excluding diaryl/α,β-unsaturated/α-hetero) is 1. The maximum absolute atomic E-state index is 13.0. The zero-order chi connectivity index (χ0) is 18.2. The van der Waals surface area contributed by atoms with Crippen molar-refractivity contribution >= 4 is 28.0 Å². The van der Waals surface area contributed by atoms with Crippen molar-refractivity contribution in [3.63, 3.8) is 0 Å². The fourth-order valence-electron chi connectivity index (χ4n) is 4.71. The molecule has 5 heterocycles. The molecule has 1 N–H and O–H groups in total. The molecule has 2 bridgehead atoms. The van der Waals surface area contributed by atoms with E-state index in [9.17, 15) is 4.79 Å². The molecule has 0 amide bonds. The lowest BCUT2D eigenvalue weighted by atomic mass is 9.76. The van der Waals surface area contributed by atoms with E-state index < -0.39 is 0 Å². The van der Waals surface area contributed by atoms with Gasteiger partial charge in [0.05, 0.1) is 10.5 Å². The number of aryl methyl sites for hydroxylation is 2. The van der Waals surface area contributed by atoms with Gasteiger partial charge in [-0.25, -0.2) is 4.98 Å². The van der Waals surface area contributed by atoms with E-state index in [1.165, 1.54) is 31.5 Å². The van der Waals surface area contributed by atoms with Crippen LogP contribution in [-0.2, 0) is 12.8 Å². The molecule has 3 fully saturated rings. The highest BCUT2D eigenvalue weighted by atomic mass is 32.1. The van der Waals surface area contributed by atoms with Crippen molar-refractivity contribution in [3.05, 3.63) is 46.0 Å². The van der Waals surface area contributed by atoms with Gasteiger partial charge in [-0.1, -0.05) is 6.07 Å². The summed E-state index contributed by atoms with van der Waals surface area (Å²) in [5.41, 5.74) is 2.80. The monoisotopic (exact) mass is 380 g/mol. The van der Waals surface area contributed by atoms with Crippen molar-refractivity contribution in [1.29, 1.82) is 0 Å². The fourth-order valence-corrected chi connectivity index (χ4v) is 5.33. The van der Waals surface area contributed by atoms with Crippen LogP contribution in [-0.4, -0.2) is 45.5 Å². The number of piperidine rings is 3. The minimum absolute atomic E-state index is 0.192. The molecule has 0 spiro atoms. The molecular formula is C21H24N4OS. The second-order valence-corrected chi connectivity index (χ2v) is 8.88. The van der Waals surface area contributed by atoms with Gasteiger partial charge >= 0.3 is 0 Å². The molecule has 6 heteroatoms. The Labute approximate surface area is 162 Å². The van der Waals surface area contributed by atoms with E-state index in [2.05, 4.69) is 32.2 Å². The Balaban J connectivity index is 1.33. The average molecular weight is 381 g/mol. The molecule has 1 atom stereocenters. The predicted molar refractivity (Wildman–Crippen MR) is 107 cm³/mol. The van der Waals surface area contributed by atoms with Crippen LogP contribution in [0.5, 0.6) is 0 Å². The van der Waals surface area contributed by atoms with Gasteiger partial charge in [-0.05, 0) is 61.9 Å². The van der Waals surface area contributed by atoms with Gasteiger partial charge in [-0.15, -0.1) is 11.3 Å². The van der Waals surface area contributed by atoms with Gasteiger partial charge in [0.25, 0.3) is 0 Å². The maximum atomic E-state index is 13.0. The molecule has 5 nitrogen and oxygen atoms in total. The zero-order valence-electron chi connectivity index (χ0n) is 15.4. The summed E-state index contributed by atoms with van der Waals surface area (Å²) in [6, 6.07) is 6.30. The highest BCUT2D eigenvalue weighted by molar-refractivity contribution is 7.09. The number of ketones is 1. The molecule has 0 unspecified atom stereocenters. The Hall–Kier alpha value is -2.05. The number of H-pyrrole nitrogens is 1. The minimum Gasteiger partial charge on any atom is -0.303 e. The quantitative estimate of drug-likeness (QED) is 0.662. The van der Waals surface area contributed by atoms with Crippen molar-refractivity contribution < 1.29 is 4.79 Å². The number of hydrogen-bond donors (Lipinski definition) is 1. The zero-order valence-corrected chi connectivity index (χ0v) is 16.2. The third kappa shape index (κ3) is 3.44. The fraction of sp³-hybridized carbons (Fsp3) is 0.476. The maximum Gasteiger partial charge on any atom is 0.184 e. The van der Waals surface area contributed by atoms with Crippen molar-refractivity contribution in [3.8, 4) is 0 Å². The number of hydrogen-bond acceptors (Lipinski definition) is 5. The number of carbonyl (C=O) groups excluding carboxylic acids is 1. The Morgan fingerprint density at radius 3 is 2.89 bits per heavy atom. The van der Waals surface area contributed by atoms with Gasteiger partial charge in [0.15, 0.2) is 5.78 Å². The molecule has 2 aromatic heterocycles. The summed E-state index contributed by atoms with van der Waals surface area (Å²) in [5.74, 6) is 1.41. The standard InChI is InChI=1S/C21H24N4OS/c26-19(12-16-13-25-8-5-15(16)6-9-25)21-17-11-14(1-3-18(17)23-24-21)2-4-20-22-7-10-27-20/h1,3,7,10-11,15-16H,2,4-6,8-9,12-13H2,(H,23,24)/t16-/m0/s1. The first kappa shape index (κ1) is 17.1. The number of fused-ring (bicyclic) bond motifs is 4. The minimum atomic E-state index is 0.192. The Bertz CT molecular complexity index is 940. The molecule has 1 aromatic carbocycles. The van der Waals surface area contributed by atoms with Crippen molar-refractivity contribution in [2.24, 2.45) is 11.8 Å². The summed E-state index contributed by atoms with van der Waals surface area (Å²) in [4.78, 5) is 19.9. The molecule has 0 aliphatic carbocycles. The molecule has 6 rings (SSSR count). The van der Waals surface area contributed by atoms with Crippen LogP contribution >= 0.6 is 11.3 Å². The molecule has 3 aliphatic heterocycles. The normalized spacial score (nSPS) is 24.5. The SMILES string of the molecule is O=C(C[C@H]1CN2CCC1CC2)c1n[nH]c2ccc(CCc3nccs3)cc12. The number of nitrogens with zero attached hydrogens (tertiary/aromatic N) is 3. The number of benzene rings is 1. The third-order valence-electron chi connectivity index (χ3n) is 6.24. The van der Waals surface area contributed by atoms with Gasteiger partial charge in [0.1, 0.15) is 5.69 Å². The number of aromatic amines is 1. The Kier molecular flexibility index (Phi) is 4.53. The highest BCUT2D eigenvalue weighted by Crippen LogP contribution is 2.35. The van der Waals surface area contributed by atoms with E-state index >= 15 is 0 Å². The molecule has 3 aliphatic rings. The third-order valence-corrected chi connectivity index (χ3v) is 7.08. The van der Waals surface area contributed by atoms with E-state index in [-0.39, 0.29) is 5.78 Å². The summed E-state index contributed by atoms with van der Waals surface area (Å²) >= 11 is 1.69. The van der Waals surface area contributed by atoms with Gasteiger partial charge < -0.3 is 4.90 Å². The number of nitrogens with one attached hydrogen (secondary N) is 1. The van der Waals surface area contributed by atoms with Gasteiger partial charge in [0, 0.05) is 36.3 Å². The van der Waals surface area contributed by atoms with Crippen LogP contribution in [0.3, 0.4) is 0 Å². The summed E-state index contributed by atoms with van der Waals surface area (Å²) in [7, 11) is 0. The molecule has 0 saturated carbocycles. The predicted octanol–water partition coefficient (Wildman–Crippen LogP) is 3.72. The summed E-state index contributed by atoms with van der Waals surface area (Å²) in [6.07, 6.45) is 6.85. The highest BCUT2D eigenvalue weighted by Gasteiger charge is 2.35. The molecular weight excluding hydrogens is 356 g/mol. The first-order valence-electron chi connectivity index (χ1n) is 9.87. The van der Waals surface area contributed by atoms with Crippen molar-refractivity contribution in [1.82, 2.24) is 20.1 Å². The van der Waals surface area contributed by atoms with Crippen LogP contribution in [0, 0.1) is 11.8 Å². The van der Waals surface area contributed by atoms with E-state index in [0.29, 0.717) is 18.0 Å². The number of rotatable bonds is 6. The molecule has 0 radical (unpaired) electrons. The number of carbonyl (C=O) groups is 1. The molecule has 3 aromatic rings. The molecule has 3 saturated heterocycles. The van der Waals surface area contributed by atoms with E-state index in [1.54, 1.807) is 11.3 Å². The lowest BCUT2D eigenvalue weighted by Gasteiger charge is -2.44. The second kappa shape index (κ2) is 7.17. The van der Waals surface area contributed by atoms with Gasteiger partial charge in [-0.2, -0.15) is 5.10 Å². The van der Waals surface area contributed by atoms with E-state index in [4.69, 9.17) is 0 Å². The van der Waals surface area contributed by atoms with Crippen LogP contribution in [0.2, 0.25) is 0 Å². The lowest BCUT2D eigenvalue weighted by Crippen LogP contribution is -2.47. The Morgan fingerprint density at radius 2 is 2.15 bits per heavy atom. The van der Waals surface area contributed by atoms with Crippen LogP contribution in [0.4, 0.5) is 0 Å². The largest absolute Gasteiger partial charge is 0.303 e. The first-order valence-corrected chi connectivity index (χ1v) is 10.7. The van der Waals surface area contributed by atoms with Crippen LogP contribution in [0.1, 0.15) is 40.3 Å². The van der Waals surface area contributed by atoms with E-state index in [1.807, 2.05) is 17.6 Å². The number of aromatic nitrogens is 3. The summed E-state index contributed by atoms with van der Waals surface area (Å²) in [6.45, 7) is 3.50. The van der Waals surface area contributed by atoms with Gasteiger partial charge in [0.2, 0.25) is 0 Å². The van der Waals surface area contributed by atoms with Crippen LogP contribution < -0.4 is 0 Å². The average Bonchev–Trinajstić information content (AvgIpc) is 3.37. The summed E-state index contributed by atoms with van der Waals surface area (Å²) in [5, 5.41) is 11.6. The van der Waals surface area contributed by atoms with Crippen LogP contribution in [0.25, 0.3) is 10.9 Å². The van der Waals surface area contributed by atoms with Crippen molar-refractivity contribution in [2.75, 3.05) is 19.6 Å². The van der Waals surface area contributed by atoms with Gasteiger partial charge in [-0.3, -0.25) is 9.89 Å². The van der Waals surface area contributed by atoms with E-state index in [0.717, 1.165) is 41.2 Å². The topological polar surface area (TPSA) is 61.9 Å². The molecule has 140 valence electrons.